The number of hydrogen-bond acceptors (Lipinski definition) is 2. The number of nitrogens with zero attached hydrogens (tertiary/aromatic N) is 2. The molecule has 0 radical (unpaired) electrons. The second kappa shape index (κ2) is 5.06. The highest BCUT2D eigenvalue weighted by molar-refractivity contribution is 6.17. The second-order valence-electron chi connectivity index (χ2n) is 4.41. The Balaban J connectivity index is 2.16. The summed E-state index contributed by atoms with van der Waals surface area (Å²) in [7, 11) is 0. The lowest BCUT2D eigenvalue weighted by Gasteiger charge is -2.17. The van der Waals surface area contributed by atoms with Crippen LogP contribution in [0, 0.1) is 0 Å². The fraction of sp³-hybridized carbons (Fsp3) is 0.125. The summed E-state index contributed by atoms with van der Waals surface area (Å²) in [5.74, 6) is 0. The van der Waals surface area contributed by atoms with Crippen LogP contribution in [0.15, 0.2) is 59.6 Å². The van der Waals surface area contributed by atoms with Crippen molar-refractivity contribution in [3.8, 4) is 0 Å². The fourth-order valence-corrected chi connectivity index (χ4v) is 2.35. The first-order valence-electron chi connectivity index (χ1n) is 6.31. The minimum Gasteiger partial charge on any atom is -0.312 e. The number of benzene rings is 2. The predicted octanol–water partition coefficient (Wildman–Crippen LogP) is 2.50. The third-order valence-corrected chi connectivity index (χ3v) is 3.25. The normalized spacial score (nSPS) is 14.3. The summed E-state index contributed by atoms with van der Waals surface area (Å²) in [6.45, 7) is 1.24. The van der Waals surface area contributed by atoms with Crippen LogP contribution in [0.3, 0.4) is 0 Å². The zero-order valence-electron chi connectivity index (χ0n) is 10.5. The average Bonchev–Trinajstić information content (AvgIpc) is 2.67. The van der Waals surface area contributed by atoms with Gasteiger partial charge in [-0.2, -0.15) is 0 Å². The largest absolute Gasteiger partial charge is 0.312 e. The van der Waals surface area contributed by atoms with Gasteiger partial charge in [-0.25, -0.2) is 0 Å². The Labute approximate surface area is 112 Å². The van der Waals surface area contributed by atoms with Gasteiger partial charge in [-0.15, -0.1) is 0 Å². The van der Waals surface area contributed by atoms with E-state index in [2.05, 4.69) is 4.99 Å². The Morgan fingerprint density at radius 1 is 1.00 bits per heavy atom. The van der Waals surface area contributed by atoms with Crippen LogP contribution in [-0.2, 0) is 4.79 Å². The predicted molar refractivity (Wildman–Crippen MR) is 76.8 cm³/mol. The van der Waals surface area contributed by atoms with E-state index in [1.54, 1.807) is 4.90 Å². The zero-order chi connectivity index (χ0) is 13.1. The van der Waals surface area contributed by atoms with Crippen LogP contribution in [0.5, 0.6) is 0 Å². The molecule has 19 heavy (non-hydrogen) atoms. The van der Waals surface area contributed by atoms with Gasteiger partial charge in [-0.05, 0) is 6.07 Å². The van der Waals surface area contributed by atoms with E-state index in [9.17, 15) is 4.79 Å². The maximum Gasteiger partial charge on any atom is 0.214 e. The van der Waals surface area contributed by atoms with Crippen molar-refractivity contribution in [3.63, 3.8) is 0 Å². The molecule has 0 spiro atoms. The Bertz CT molecular complexity index is 620. The summed E-state index contributed by atoms with van der Waals surface area (Å²) < 4.78 is 0. The molecule has 0 aromatic heterocycles. The molecule has 3 nitrogen and oxygen atoms in total. The average molecular weight is 250 g/mol. The molecule has 0 fully saturated rings. The minimum absolute atomic E-state index is 0.622. The van der Waals surface area contributed by atoms with Gasteiger partial charge in [0, 0.05) is 17.7 Å². The van der Waals surface area contributed by atoms with Crippen molar-refractivity contribution in [2.75, 3.05) is 18.0 Å². The molecule has 0 saturated heterocycles. The molecule has 1 heterocycles. The first-order valence-corrected chi connectivity index (χ1v) is 6.31. The molecular weight excluding hydrogens is 236 g/mol. The number of carbonyl (C=O) groups excluding carboxylic acids is 1. The number of benzodiazepines with no additional fused rings is 1. The molecule has 1 aliphatic heterocycles. The zero-order valence-corrected chi connectivity index (χ0v) is 10.5. The highest BCUT2D eigenvalue weighted by Gasteiger charge is 2.18. The maximum absolute atomic E-state index is 11.2. The number of anilines is 1. The Kier molecular flexibility index (Phi) is 3.11. The van der Waals surface area contributed by atoms with E-state index in [4.69, 9.17) is 0 Å². The third kappa shape index (κ3) is 2.15. The lowest BCUT2D eigenvalue weighted by atomic mass is 10.0. The van der Waals surface area contributed by atoms with Crippen LogP contribution in [0.25, 0.3) is 0 Å². The summed E-state index contributed by atoms with van der Waals surface area (Å²) in [4.78, 5) is 17.6. The van der Waals surface area contributed by atoms with Crippen LogP contribution in [0.4, 0.5) is 5.69 Å². The quantitative estimate of drug-likeness (QED) is 0.754. The van der Waals surface area contributed by atoms with Gasteiger partial charge in [0.05, 0.1) is 17.9 Å². The highest BCUT2D eigenvalue weighted by Crippen LogP contribution is 2.25. The minimum atomic E-state index is 0.622. The topological polar surface area (TPSA) is 32.7 Å². The molecule has 0 aliphatic carbocycles. The van der Waals surface area contributed by atoms with Crippen molar-refractivity contribution in [1.82, 2.24) is 0 Å². The van der Waals surface area contributed by atoms with Crippen LogP contribution in [-0.4, -0.2) is 25.2 Å². The smallest absolute Gasteiger partial charge is 0.214 e. The number of amides is 1. The number of rotatable bonds is 2. The van der Waals surface area contributed by atoms with Crippen molar-refractivity contribution in [3.05, 3.63) is 65.7 Å². The van der Waals surface area contributed by atoms with Crippen molar-refractivity contribution >= 4 is 17.8 Å². The van der Waals surface area contributed by atoms with E-state index in [1.807, 2.05) is 54.6 Å². The number of hydrogen-bond donors (Lipinski definition) is 0. The van der Waals surface area contributed by atoms with Gasteiger partial charge in [0.2, 0.25) is 6.41 Å². The lowest BCUT2D eigenvalue weighted by Crippen LogP contribution is -2.23. The molecule has 0 N–H and O–H groups in total. The maximum atomic E-state index is 11.2. The van der Waals surface area contributed by atoms with Crippen LogP contribution >= 0.6 is 0 Å². The summed E-state index contributed by atoms with van der Waals surface area (Å²) in [5.41, 5.74) is 3.99. The van der Waals surface area contributed by atoms with Crippen molar-refractivity contribution in [1.29, 1.82) is 0 Å². The van der Waals surface area contributed by atoms with Crippen LogP contribution < -0.4 is 4.90 Å². The van der Waals surface area contributed by atoms with E-state index < -0.39 is 0 Å². The standard InChI is InChI=1S/C16H14N2O/c19-12-18-11-10-17-16(13-6-2-1-3-7-13)14-8-4-5-9-15(14)18/h1-9,12H,10-11H2. The molecule has 94 valence electrons. The molecule has 3 rings (SSSR count). The van der Waals surface area contributed by atoms with Gasteiger partial charge in [0.15, 0.2) is 0 Å². The molecule has 1 aliphatic rings. The SMILES string of the molecule is O=CN1CCN=C(c2ccccc2)c2ccccc21. The molecular formula is C16H14N2O. The first kappa shape index (κ1) is 11.7. The number of aliphatic imine (C=N–C) groups is 1. The van der Waals surface area contributed by atoms with Crippen molar-refractivity contribution in [2.45, 2.75) is 0 Å². The molecule has 0 unspecified atom stereocenters. The van der Waals surface area contributed by atoms with E-state index >= 15 is 0 Å². The Morgan fingerprint density at radius 3 is 2.53 bits per heavy atom. The number of fused-ring (bicyclic) bond motifs is 1. The Morgan fingerprint density at radius 2 is 1.74 bits per heavy atom. The molecule has 0 bridgehead atoms. The van der Waals surface area contributed by atoms with Crippen molar-refractivity contribution in [2.24, 2.45) is 4.99 Å². The van der Waals surface area contributed by atoms with Gasteiger partial charge in [-0.1, -0.05) is 48.5 Å². The van der Waals surface area contributed by atoms with E-state index in [0.29, 0.717) is 13.1 Å². The Hall–Kier alpha value is -2.42. The molecule has 2 aromatic rings. The molecule has 0 saturated carbocycles. The molecule has 1 amide bonds. The van der Waals surface area contributed by atoms with Gasteiger partial charge < -0.3 is 4.90 Å². The van der Waals surface area contributed by atoms with Crippen LogP contribution in [0.1, 0.15) is 11.1 Å². The number of carbonyl (C=O) groups is 1. The summed E-state index contributed by atoms with van der Waals surface area (Å²) in [6, 6.07) is 18.0. The first-order chi connectivity index (χ1) is 9.40. The molecule has 0 atom stereocenters. The molecule has 3 heteroatoms. The monoisotopic (exact) mass is 250 g/mol. The van der Waals surface area contributed by atoms with E-state index in [0.717, 1.165) is 28.9 Å². The second-order valence-corrected chi connectivity index (χ2v) is 4.41. The van der Waals surface area contributed by atoms with Crippen molar-refractivity contribution < 1.29 is 4.79 Å². The summed E-state index contributed by atoms with van der Waals surface area (Å²) in [6.07, 6.45) is 0.877. The van der Waals surface area contributed by atoms with Crippen LogP contribution in [0.2, 0.25) is 0 Å². The van der Waals surface area contributed by atoms with Gasteiger partial charge in [0.25, 0.3) is 0 Å². The summed E-state index contributed by atoms with van der Waals surface area (Å²) in [5, 5.41) is 0. The lowest BCUT2D eigenvalue weighted by molar-refractivity contribution is -0.107. The van der Waals surface area contributed by atoms with Gasteiger partial charge >= 0.3 is 0 Å². The third-order valence-electron chi connectivity index (χ3n) is 3.25. The van der Waals surface area contributed by atoms with E-state index in [1.165, 1.54) is 0 Å². The summed E-state index contributed by atoms with van der Waals surface area (Å²) >= 11 is 0. The van der Waals surface area contributed by atoms with Gasteiger partial charge in [-0.3, -0.25) is 9.79 Å². The van der Waals surface area contributed by atoms with Gasteiger partial charge in [0.1, 0.15) is 0 Å². The highest BCUT2D eigenvalue weighted by atomic mass is 16.1. The number of para-hydroxylation sites is 1. The van der Waals surface area contributed by atoms with E-state index in [-0.39, 0.29) is 0 Å². The molecule has 2 aromatic carbocycles. The fourth-order valence-electron chi connectivity index (χ4n) is 2.35.